The van der Waals surface area contributed by atoms with Crippen molar-refractivity contribution in [3.05, 3.63) is 49.8 Å². The minimum Gasteiger partial charge on any atom is -0.497 e. The predicted octanol–water partition coefficient (Wildman–Crippen LogP) is 5.35. The van der Waals surface area contributed by atoms with Crippen LogP contribution in [0.3, 0.4) is 0 Å². The van der Waals surface area contributed by atoms with Gasteiger partial charge < -0.3 is 4.74 Å². The van der Waals surface area contributed by atoms with Gasteiger partial charge in [0.1, 0.15) is 6.61 Å². The number of aliphatic imine (C=N–C) groups is 1. The molecule has 21 heavy (non-hydrogen) atoms. The van der Waals surface area contributed by atoms with Gasteiger partial charge in [-0.15, -0.1) is 13.2 Å². The lowest BCUT2D eigenvalue weighted by molar-refractivity contribution is 0.285. The van der Waals surface area contributed by atoms with Gasteiger partial charge in [0.25, 0.3) is 0 Å². The number of nitrogens with zero attached hydrogens (tertiary/aromatic N) is 1. The fraction of sp³-hybridized carbons (Fsp3) is 0.526. The smallest absolute Gasteiger partial charge is 0.105 e. The molecule has 2 atom stereocenters. The van der Waals surface area contributed by atoms with Gasteiger partial charge in [0.15, 0.2) is 0 Å². The second-order valence-electron chi connectivity index (χ2n) is 5.18. The van der Waals surface area contributed by atoms with Crippen LogP contribution < -0.4 is 0 Å². The van der Waals surface area contributed by atoms with Crippen LogP contribution in [0.1, 0.15) is 39.5 Å². The van der Waals surface area contributed by atoms with Crippen molar-refractivity contribution in [2.75, 3.05) is 13.2 Å². The largest absolute Gasteiger partial charge is 0.497 e. The second-order valence-corrected chi connectivity index (χ2v) is 5.18. The lowest BCUT2D eigenvalue weighted by Gasteiger charge is -2.09. The van der Waals surface area contributed by atoms with Gasteiger partial charge in [-0.25, -0.2) is 0 Å². The molecule has 0 saturated carbocycles. The zero-order valence-electron chi connectivity index (χ0n) is 13.7. The molecular weight excluding hydrogens is 258 g/mol. The number of hydrogen-bond donors (Lipinski definition) is 0. The number of rotatable bonds is 13. The Morgan fingerprint density at radius 2 is 1.90 bits per heavy atom. The van der Waals surface area contributed by atoms with E-state index >= 15 is 0 Å². The fourth-order valence-electron chi connectivity index (χ4n) is 1.99. The van der Waals surface area contributed by atoms with Crippen LogP contribution >= 0.6 is 0 Å². The summed E-state index contributed by atoms with van der Waals surface area (Å²) in [5.74, 6) is 1.03. The van der Waals surface area contributed by atoms with Crippen molar-refractivity contribution >= 4 is 6.21 Å². The predicted molar refractivity (Wildman–Crippen MR) is 94.8 cm³/mol. The van der Waals surface area contributed by atoms with E-state index in [1.54, 1.807) is 0 Å². The first-order valence-corrected chi connectivity index (χ1v) is 7.85. The van der Waals surface area contributed by atoms with Gasteiger partial charge in [-0.1, -0.05) is 31.2 Å². The van der Waals surface area contributed by atoms with Crippen molar-refractivity contribution in [2.45, 2.75) is 39.5 Å². The molecule has 0 heterocycles. The molecule has 0 amide bonds. The van der Waals surface area contributed by atoms with E-state index in [4.69, 9.17) is 4.74 Å². The molecule has 0 spiro atoms. The summed E-state index contributed by atoms with van der Waals surface area (Å²) in [5.41, 5.74) is 0. The van der Waals surface area contributed by atoms with Crippen molar-refractivity contribution in [1.82, 2.24) is 0 Å². The highest BCUT2D eigenvalue weighted by Gasteiger charge is 2.01. The minimum atomic E-state index is 0.498. The molecule has 0 aromatic carbocycles. The van der Waals surface area contributed by atoms with E-state index in [-0.39, 0.29) is 0 Å². The molecule has 0 N–H and O–H groups in total. The van der Waals surface area contributed by atoms with Crippen LogP contribution in [0, 0.1) is 11.8 Å². The second kappa shape index (κ2) is 14.8. The maximum Gasteiger partial charge on any atom is 0.105 e. The molecule has 1 unspecified atom stereocenters. The summed E-state index contributed by atoms with van der Waals surface area (Å²) in [7, 11) is 0. The number of ether oxygens (including phenoxy) is 1. The highest BCUT2D eigenvalue weighted by molar-refractivity contribution is 5.53. The Morgan fingerprint density at radius 3 is 2.57 bits per heavy atom. The highest BCUT2D eigenvalue weighted by Crippen LogP contribution is 2.13. The normalized spacial score (nSPS) is 14.8. The zero-order valence-corrected chi connectivity index (χ0v) is 13.7. The van der Waals surface area contributed by atoms with Crippen LogP contribution in [0.15, 0.2) is 54.8 Å². The first-order valence-electron chi connectivity index (χ1n) is 7.85. The van der Waals surface area contributed by atoms with E-state index in [1.165, 1.54) is 0 Å². The molecule has 0 radical (unpaired) electrons. The average Bonchev–Trinajstić information content (AvgIpc) is 2.47. The molecule has 0 aromatic heterocycles. The number of hydrogen-bond acceptors (Lipinski definition) is 2. The topological polar surface area (TPSA) is 21.6 Å². The van der Waals surface area contributed by atoms with E-state index in [9.17, 15) is 0 Å². The van der Waals surface area contributed by atoms with E-state index < -0.39 is 0 Å². The van der Waals surface area contributed by atoms with E-state index in [2.05, 4.69) is 43.3 Å². The van der Waals surface area contributed by atoms with Crippen LogP contribution in [-0.4, -0.2) is 19.4 Å². The van der Waals surface area contributed by atoms with Crippen molar-refractivity contribution < 1.29 is 4.74 Å². The molecule has 0 aliphatic rings. The van der Waals surface area contributed by atoms with Crippen molar-refractivity contribution in [1.29, 1.82) is 0 Å². The van der Waals surface area contributed by atoms with Crippen molar-refractivity contribution in [3.63, 3.8) is 0 Å². The van der Waals surface area contributed by atoms with Gasteiger partial charge in [0.2, 0.25) is 0 Å². The Hall–Kier alpha value is -1.57. The summed E-state index contributed by atoms with van der Waals surface area (Å²) in [4.78, 5) is 4.23. The van der Waals surface area contributed by atoms with Crippen LogP contribution in [-0.2, 0) is 4.74 Å². The molecule has 118 valence electrons. The maximum atomic E-state index is 5.51. The molecule has 0 aliphatic heterocycles. The van der Waals surface area contributed by atoms with Crippen LogP contribution in [0.2, 0.25) is 0 Å². The monoisotopic (exact) mass is 289 g/mol. The molecule has 0 aliphatic carbocycles. The summed E-state index contributed by atoms with van der Waals surface area (Å²) < 4.78 is 5.51. The molecule has 0 aromatic rings. The van der Waals surface area contributed by atoms with Crippen LogP contribution in [0.4, 0.5) is 0 Å². The summed E-state index contributed by atoms with van der Waals surface area (Å²) in [6, 6.07) is 0. The van der Waals surface area contributed by atoms with Gasteiger partial charge in [0, 0.05) is 6.54 Å². The third-order valence-corrected chi connectivity index (χ3v) is 3.16. The molecular formula is C19H31NO. The zero-order chi connectivity index (χ0) is 15.8. The average molecular weight is 289 g/mol. The summed E-state index contributed by atoms with van der Waals surface area (Å²) in [6.07, 6.45) is 18.2. The van der Waals surface area contributed by atoms with E-state index in [1.807, 2.05) is 31.6 Å². The number of allylic oxidation sites excluding steroid dienone is 4. The van der Waals surface area contributed by atoms with Gasteiger partial charge in [-0.2, -0.15) is 0 Å². The fourth-order valence-corrected chi connectivity index (χ4v) is 1.99. The highest BCUT2D eigenvalue weighted by atomic mass is 16.5. The van der Waals surface area contributed by atoms with Crippen LogP contribution in [0.5, 0.6) is 0 Å². The first-order chi connectivity index (χ1) is 10.2. The SMILES string of the molecule is C=CCC(C)/C=C/CO/C=C/[C@H](CC=C)CCCN=CC. The van der Waals surface area contributed by atoms with E-state index in [0.717, 1.165) is 32.2 Å². The molecule has 0 bridgehead atoms. The van der Waals surface area contributed by atoms with Crippen LogP contribution in [0.25, 0.3) is 0 Å². The molecule has 0 fully saturated rings. The van der Waals surface area contributed by atoms with E-state index in [0.29, 0.717) is 18.4 Å². The Labute approximate surface area is 131 Å². The quantitative estimate of drug-likeness (QED) is 0.194. The third kappa shape index (κ3) is 13.2. The van der Waals surface area contributed by atoms with Gasteiger partial charge in [-0.05, 0) is 56.7 Å². The standard InChI is InChI=1S/C19H31NO/c1-5-10-18(4)12-9-16-21-17-14-19(11-6-2)13-8-15-20-7-3/h5-7,9,12,14,17-19H,1-2,8,10-11,13,15-16H2,3-4H3/b12-9+,17-14+,20-7?/t18?,19-/m1/s1. The Balaban J connectivity index is 3.92. The molecule has 0 saturated heterocycles. The van der Waals surface area contributed by atoms with Crippen molar-refractivity contribution in [2.24, 2.45) is 16.8 Å². The molecule has 2 heteroatoms. The third-order valence-electron chi connectivity index (χ3n) is 3.16. The lowest BCUT2D eigenvalue weighted by atomic mass is 9.99. The summed E-state index contributed by atoms with van der Waals surface area (Å²) in [5, 5.41) is 0. The first kappa shape index (κ1) is 19.4. The maximum absolute atomic E-state index is 5.51. The van der Waals surface area contributed by atoms with Crippen molar-refractivity contribution in [3.8, 4) is 0 Å². The minimum absolute atomic E-state index is 0.498. The Morgan fingerprint density at radius 1 is 1.14 bits per heavy atom. The summed E-state index contributed by atoms with van der Waals surface area (Å²) in [6.45, 7) is 13.2. The lowest BCUT2D eigenvalue weighted by Crippen LogP contribution is -1.97. The molecule has 2 nitrogen and oxygen atoms in total. The van der Waals surface area contributed by atoms with Gasteiger partial charge in [-0.3, -0.25) is 4.99 Å². The Kier molecular flexibility index (Phi) is 13.7. The summed E-state index contributed by atoms with van der Waals surface area (Å²) >= 11 is 0. The molecule has 0 rings (SSSR count). The van der Waals surface area contributed by atoms with Gasteiger partial charge >= 0.3 is 0 Å². The Bertz CT molecular complexity index is 341. The van der Waals surface area contributed by atoms with Gasteiger partial charge in [0.05, 0.1) is 6.26 Å².